The minimum atomic E-state index is -5.97. The van der Waals surface area contributed by atoms with E-state index in [1.807, 2.05) is 0 Å². The first-order valence-corrected chi connectivity index (χ1v) is 4.23. The minimum absolute atomic E-state index is 0.668. The Morgan fingerprint density at radius 1 is 0.938 bits per heavy atom. The molecule has 0 saturated heterocycles. The highest BCUT2D eigenvalue weighted by atomic mass is 19.3. The Bertz CT molecular complexity index is 318. The summed E-state index contributed by atoms with van der Waals surface area (Å²) in [7, 11) is 0. The normalized spacial score (nSPS) is 28.2. The molecular formula is C8H6F6O2. The van der Waals surface area contributed by atoms with E-state index >= 15 is 0 Å². The molecule has 1 saturated carbocycles. The van der Waals surface area contributed by atoms with Gasteiger partial charge in [0.2, 0.25) is 11.6 Å². The molecule has 0 aromatic carbocycles. The summed E-state index contributed by atoms with van der Waals surface area (Å²) in [4.78, 5) is 21.6. The standard InChI is InChI=1S/C8H6F6O2/c1-2-3-4(15)6(9,10)8(13,14)7(11,12)5(3)16/h3H,2H2,1H3. The van der Waals surface area contributed by atoms with Gasteiger partial charge in [-0.15, -0.1) is 0 Å². The van der Waals surface area contributed by atoms with Crippen LogP contribution in [0.5, 0.6) is 0 Å². The van der Waals surface area contributed by atoms with Gasteiger partial charge in [0, 0.05) is 0 Å². The molecule has 0 unspecified atom stereocenters. The highest BCUT2D eigenvalue weighted by Gasteiger charge is 2.82. The number of carbonyl (C=O) groups is 2. The van der Waals surface area contributed by atoms with Gasteiger partial charge in [-0.1, -0.05) is 6.92 Å². The molecule has 0 bridgehead atoms. The molecule has 1 fully saturated rings. The number of ketones is 2. The van der Waals surface area contributed by atoms with Crippen LogP contribution in [-0.4, -0.2) is 29.3 Å². The van der Waals surface area contributed by atoms with Crippen LogP contribution in [0, 0.1) is 5.92 Å². The molecule has 0 aliphatic heterocycles. The van der Waals surface area contributed by atoms with E-state index in [0.29, 0.717) is 0 Å². The van der Waals surface area contributed by atoms with E-state index in [0.717, 1.165) is 6.92 Å². The average molecular weight is 248 g/mol. The SMILES string of the molecule is CCC1C(=O)C(F)(F)C(F)(F)C(F)(F)C1=O. The molecule has 0 aromatic heterocycles. The maximum absolute atomic E-state index is 12.8. The van der Waals surface area contributed by atoms with Crippen LogP contribution in [0.2, 0.25) is 0 Å². The number of hydrogen-bond donors (Lipinski definition) is 0. The first-order chi connectivity index (χ1) is 7.01. The molecule has 0 N–H and O–H groups in total. The van der Waals surface area contributed by atoms with Crippen LogP contribution >= 0.6 is 0 Å². The number of halogens is 6. The molecule has 0 aromatic rings. The molecule has 0 amide bonds. The maximum Gasteiger partial charge on any atom is 0.386 e. The Labute approximate surface area is 85.6 Å². The molecule has 1 aliphatic rings. The molecule has 1 aliphatic carbocycles. The average Bonchev–Trinajstić information content (AvgIpc) is 2.16. The third-order valence-corrected chi connectivity index (χ3v) is 2.45. The van der Waals surface area contributed by atoms with Crippen LogP contribution in [0.25, 0.3) is 0 Å². The molecule has 0 spiro atoms. The second kappa shape index (κ2) is 3.21. The third-order valence-electron chi connectivity index (χ3n) is 2.45. The van der Waals surface area contributed by atoms with E-state index in [2.05, 4.69) is 0 Å². The zero-order valence-corrected chi connectivity index (χ0v) is 7.87. The monoisotopic (exact) mass is 248 g/mol. The van der Waals surface area contributed by atoms with Crippen molar-refractivity contribution >= 4 is 11.6 Å². The van der Waals surface area contributed by atoms with Crippen molar-refractivity contribution in [1.29, 1.82) is 0 Å². The molecule has 1 rings (SSSR count). The lowest BCUT2D eigenvalue weighted by molar-refractivity contribution is -0.297. The Balaban J connectivity index is 3.40. The largest absolute Gasteiger partial charge is 0.386 e. The lowest BCUT2D eigenvalue weighted by atomic mass is 9.77. The van der Waals surface area contributed by atoms with Crippen molar-refractivity contribution in [3.8, 4) is 0 Å². The van der Waals surface area contributed by atoms with Gasteiger partial charge in [-0.2, -0.15) is 26.3 Å². The van der Waals surface area contributed by atoms with Crippen molar-refractivity contribution in [2.45, 2.75) is 31.1 Å². The summed E-state index contributed by atoms with van der Waals surface area (Å²) in [5, 5.41) is 0. The summed E-state index contributed by atoms with van der Waals surface area (Å²) in [5.41, 5.74) is 0. The molecule has 92 valence electrons. The van der Waals surface area contributed by atoms with Gasteiger partial charge in [0.05, 0.1) is 5.92 Å². The van der Waals surface area contributed by atoms with Gasteiger partial charge < -0.3 is 0 Å². The predicted octanol–water partition coefficient (Wildman–Crippen LogP) is 2.07. The predicted molar refractivity (Wildman–Crippen MR) is 38.6 cm³/mol. The van der Waals surface area contributed by atoms with E-state index in [1.165, 1.54) is 0 Å². The van der Waals surface area contributed by atoms with Crippen molar-refractivity contribution in [2.24, 2.45) is 5.92 Å². The molecular weight excluding hydrogens is 242 g/mol. The summed E-state index contributed by atoms with van der Waals surface area (Å²) in [6.45, 7) is 1.01. The van der Waals surface area contributed by atoms with Crippen LogP contribution < -0.4 is 0 Å². The van der Waals surface area contributed by atoms with E-state index in [4.69, 9.17) is 0 Å². The van der Waals surface area contributed by atoms with Gasteiger partial charge in [0.1, 0.15) is 0 Å². The smallest absolute Gasteiger partial charge is 0.292 e. The van der Waals surface area contributed by atoms with Crippen molar-refractivity contribution in [3.05, 3.63) is 0 Å². The van der Waals surface area contributed by atoms with Crippen molar-refractivity contribution < 1.29 is 35.9 Å². The Morgan fingerprint density at radius 2 is 1.25 bits per heavy atom. The van der Waals surface area contributed by atoms with Gasteiger partial charge in [0.15, 0.2) is 0 Å². The lowest BCUT2D eigenvalue weighted by Crippen LogP contribution is -2.68. The summed E-state index contributed by atoms with van der Waals surface area (Å²) in [6.07, 6.45) is -0.668. The summed E-state index contributed by atoms with van der Waals surface area (Å²) < 4.78 is 76.3. The van der Waals surface area contributed by atoms with Crippen LogP contribution in [0.1, 0.15) is 13.3 Å². The highest BCUT2D eigenvalue weighted by molar-refractivity contribution is 6.12. The lowest BCUT2D eigenvalue weighted by Gasteiger charge is -2.38. The zero-order valence-electron chi connectivity index (χ0n) is 7.87. The van der Waals surface area contributed by atoms with Gasteiger partial charge >= 0.3 is 17.8 Å². The Hall–Kier alpha value is -1.08. The summed E-state index contributed by atoms with van der Waals surface area (Å²) in [6, 6.07) is 0. The van der Waals surface area contributed by atoms with E-state index in [9.17, 15) is 35.9 Å². The number of hydrogen-bond acceptors (Lipinski definition) is 2. The number of rotatable bonds is 1. The first kappa shape index (κ1) is 13.0. The first-order valence-electron chi connectivity index (χ1n) is 4.23. The zero-order chi connectivity index (χ0) is 12.9. The van der Waals surface area contributed by atoms with Crippen molar-refractivity contribution in [2.75, 3.05) is 0 Å². The summed E-state index contributed by atoms with van der Waals surface area (Å²) in [5.74, 6) is -24.3. The van der Waals surface area contributed by atoms with E-state index in [1.54, 1.807) is 0 Å². The highest BCUT2D eigenvalue weighted by Crippen LogP contribution is 2.52. The molecule has 8 heteroatoms. The van der Waals surface area contributed by atoms with Crippen molar-refractivity contribution in [1.82, 2.24) is 0 Å². The molecule has 0 radical (unpaired) electrons. The van der Waals surface area contributed by atoms with Crippen LogP contribution in [0.4, 0.5) is 26.3 Å². The number of Topliss-reactive ketones (excluding diaryl/α,β-unsaturated/α-hetero) is 2. The van der Waals surface area contributed by atoms with E-state index < -0.39 is 41.7 Å². The second-order valence-electron chi connectivity index (χ2n) is 3.41. The van der Waals surface area contributed by atoms with Gasteiger partial charge in [-0.05, 0) is 6.42 Å². The topological polar surface area (TPSA) is 34.1 Å². The second-order valence-corrected chi connectivity index (χ2v) is 3.41. The Kier molecular flexibility index (Phi) is 2.60. The van der Waals surface area contributed by atoms with Gasteiger partial charge in [-0.25, -0.2) is 0 Å². The molecule has 16 heavy (non-hydrogen) atoms. The van der Waals surface area contributed by atoms with Gasteiger partial charge in [-0.3, -0.25) is 9.59 Å². The fraction of sp³-hybridized carbons (Fsp3) is 0.750. The maximum atomic E-state index is 12.8. The summed E-state index contributed by atoms with van der Waals surface area (Å²) >= 11 is 0. The molecule has 0 heterocycles. The third kappa shape index (κ3) is 1.21. The van der Waals surface area contributed by atoms with Gasteiger partial charge in [0.25, 0.3) is 0 Å². The van der Waals surface area contributed by atoms with Crippen LogP contribution in [-0.2, 0) is 9.59 Å². The van der Waals surface area contributed by atoms with E-state index in [-0.39, 0.29) is 0 Å². The molecule has 2 nitrogen and oxygen atoms in total. The molecule has 0 atom stereocenters. The number of alkyl halides is 6. The minimum Gasteiger partial charge on any atom is -0.292 e. The number of carbonyl (C=O) groups excluding carboxylic acids is 2. The Morgan fingerprint density at radius 3 is 1.50 bits per heavy atom. The fourth-order valence-electron chi connectivity index (χ4n) is 1.43. The fourth-order valence-corrected chi connectivity index (χ4v) is 1.43. The van der Waals surface area contributed by atoms with Crippen LogP contribution in [0.3, 0.4) is 0 Å². The van der Waals surface area contributed by atoms with Crippen LogP contribution in [0.15, 0.2) is 0 Å². The quantitative estimate of drug-likeness (QED) is 0.525. The van der Waals surface area contributed by atoms with Crippen molar-refractivity contribution in [3.63, 3.8) is 0 Å².